The van der Waals surface area contributed by atoms with Crippen LogP contribution in [0.1, 0.15) is 67.2 Å². The summed E-state index contributed by atoms with van der Waals surface area (Å²) in [6.45, 7) is 6.72. The zero-order chi connectivity index (χ0) is 15.6. The second-order valence-corrected chi connectivity index (χ2v) is 7.18. The Morgan fingerprint density at radius 2 is 1.32 bits per heavy atom. The fraction of sp³-hybridized carbons (Fsp3) is 0.455. The van der Waals surface area contributed by atoms with Crippen LogP contribution in [-0.2, 0) is 5.41 Å². The smallest absolute Gasteiger partial charge is 0.00491 e. The maximum absolute atomic E-state index is 2.37. The summed E-state index contributed by atoms with van der Waals surface area (Å²) >= 11 is 0. The Hall–Kier alpha value is -1.56. The van der Waals surface area contributed by atoms with Crippen LogP contribution in [0.25, 0.3) is 0 Å². The summed E-state index contributed by atoms with van der Waals surface area (Å²) < 4.78 is 0. The number of aryl methyl sites for hydroxylation is 2. The van der Waals surface area contributed by atoms with Gasteiger partial charge in [0.15, 0.2) is 0 Å². The molecule has 22 heavy (non-hydrogen) atoms. The third kappa shape index (κ3) is 2.97. The van der Waals surface area contributed by atoms with Crippen LogP contribution in [0.5, 0.6) is 0 Å². The van der Waals surface area contributed by atoms with Crippen LogP contribution in [0.2, 0.25) is 0 Å². The van der Waals surface area contributed by atoms with Gasteiger partial charge in [-0.3, -0.25) is 0 Å². The molecule has 0 spiro atoms. The number of rotatable bonds is 3. The van der Waals surface area contributed by atoms with Gasteiger partial charge in [0.25, 0.3) is 0 Å². The summed E-state index contributed by atoms with van der Waals surface area (Å²) in [5, 5.41) is 0. The monoisotopic (exact) mass is 292 g/mol. The van der Waals surface area contributed by atoms with E-state index in [0.717, 1.165) is 5.92 Å². The molecular weight excluding hydrogens is 264 g/mol. The Kier molecular flexibility index (Phi) is 4.38. The second-order valence-electron chi connectivity index (χ2n) is 7.18. The largest absolute Gasteiger partial charge is 0.0645 e. The maximum Gasteiger partial charge on any atom is -0.00491 e. The maximum atomic E-state index is 2.37. The van der Waals surface area contributed by atoms with Crippen molar-refractivity contribution in [3.8, 4) is 0 Å². The van der Waals surface area contributed by atoms with Gasteiger partial charge in [0.2, 0.25) is 0 Å². The highest BCUT2D eigenvalue weighted by Crippen LogP contribution is 2.46. The fourth-order valence-corrected chi connectivity index (χ4v) is 4.10. The molecule has 1 aliphatic rings. The Bertz CT molecular complexity index is 595. The van der Waals surface area contributed by atoms with Crippen LogP contribution < -0.4 is 0 Å². The van der Waals surface area contributed by atoms with E-state index in [1.807, 2.05) is 0 Å². The quantitative estimate of drug-likeness (QED) is 0.622. The van der Waals surface area contributed by atoms with Gasteiger partial charge < -0.3 is 0 Å². The molecule has 0 N–H and O–H groups in total. The van der Waals surface area contributed by atoms with E-state index >= 15 is 0 Å². The zero-order valence-electron chi connectivity index (χ0n) is 14.2. The van der Waals surface area contributed by atoms with E-state index in [1.54, 1.807) is 11.1 Å². The van der Waals surface area contributed by atoms with Gasteiger partial charge in [-0.15, -0.1) is 0 Å². The SMILES string of the molecule is CCC1(c2ccc(C)cc2)CCC(c2ccc(C)cc2)CC1. The second kappa shape index (κ2) is 6.28. The van der Waals surface area contributed by atoms with Crippen LogP contribution in [0.3, 0.4) is 0 Å². The minimum Gasteiger partial charge on any atom is -0.0645 e. The number of hydrogen-bond acceptors (Lipinski definition) is 0. The molecule has 1 saturated carbocycles. The first-order valence-corrected chi connectivity index (χ1v) is 8.77. The first-order valence-electron chi connectivity index (χ1n) is 8.77. The molecular formula is C22H28. The van der Waals surface area contributed by atoms with Gasteiger partial charge in [-0.1, -0.05) is 66.6 Å². The van der Waals surface area contributed by atoms with Gasteiger partial charge in [0.1, 0.15) is 0 Å². The average Bonchev–Trinajstić information content (AvgIpc) is 2.56. The molecule has 0 unspecified atom stereocenters. The van der Waals surface area contributed by atoms with Crippen LogP contribution in [0.15, 0.2) is 48.5 Å². The van der Waals surface area contributed by atoms with Crippen molar-refractivity contribution in [3.63, 3.8) is 0 Å². The Balaban J connectivity index is 1.76. The topological polar surface area (TPSA) is 0 Å². The third-order valence-corrected chi connectivity index (χ3v) is 5.83. The lowest BCUT2D eigenvalue weighted by atomic mass is 9.64. The summed E-state index contributed by atoms with van der Waals surface area (Å²) in [5.74, 6) is 0.755. The Morgan fingerprint density at radius 1 is 0.818 bits per heavy atom. The molecule has 0 saturated heterocycles. The molecule has 1 aliphatic carbocycles. The molecule has 0 nitrogen and oxygen atoms in total. The highest BCUT2D eigenvalue weighted by atomic mass is 14.4. The molecule has 2 aromatic carbocycles. The van der Waals surface area contributed by atoms with E-state index in [-0.39, 0.29) is 0 Å². The zero-order valence-corrected chi connectivity index (χ0v) is 14.2. The molecule has 1 fully saturated rings. The van der Waals surface area contributed by atoms with Crippen molar-refractivity contribution in [1.82, 2.24) is 0 Å². The van der Waals surface area contributed by atoms with E-state index in [2.05, 4.69) is 69.3 Å². The van der Waals surface area contributed by atoms with Gasteiger partial charge in [-0.25, -0.2) is 0 Å². The van der Waals surface area contributed by atoms with Crippen molar-refractivity contribution in [2.24, 2.45) is 0 Å². The van der Waals surface area contributed by atoms with Crippen LogP contribution in [0.4, 0.5) is 0 Å². The van der Waals surface area contributed by atoms with Crippen LogP contribution in [-0.4, -0.2) is 0 Å². The third-order valence-electron chi connectivity index (χ3n) is 5.83. The fourth-order valence-electron chi connectivity index (χ4n) is 4.10. The van der Waals surface area contributed by atoms with Crippen molar-refractivity contribution in [2.75, 3.05) is 0 Å². The van der Waals surface area contributed by atoms with Crippen molar-refractivity contribution < 1.29 is 0 Å². The highest BCUT2D eigenvalue weighted by Gasteiger charge is 2.35. The van der Waals surface area contributed by atoms with E-state index in [0.29, 0.717) is 5.41 Å². The standard InChI is InChI=1S/C22H28/c1-4-22(21-11-7-18(3)8-12-21)15-13-20(14-16-22)19-9-5-17(2)6-10-19/h5-12,20H,4,13-16H2,1-3H3. The van der Waals surface area contributed by atoms with E-state index < -0.39 is 0 Å². The molecule has 0 heterocycles. The first-order chi connectivity index (χ1) is 10.6. The summed E-state index contributed by atoms with van der Waals surface area (Å²) in [5.41, 5.74) is 6.24. The lowest BCUT2D eigenvalue weighted by molar-refractivity contribution is 0.261. The Labute approximate surface area is 135 Å². The predicted octanol–water partition coefficient (Wildman–Crippen LogP) is 6.31. The molecule has 2 aromatic rings. The van der Waals surface area contributed by atoms with E-state index in [4.69, 9.17) is 0 Å². The van der Waals surface area contributed by atoms with Gasteiger partial charge in [-0.05, 0) is 68.4 Å². The van der Waals surface area contributed by atoms with E-state index in [1.165, 1.54) is 43.2 Å². The normalized spacial score (nSPS) is 25.1. The number of hydrogen-bond donors (Lipinski definition) is 0. The lowest BCUT2D eigenvalue weighted by Gasteiger charge is -2.40. The Morgan fingerprint density at radius 3 is 1.82 bits per heavy atom. The van der Waals surface area contributed by atoms with Crippen molar-refractivity contribution in [3.05, 3.63) is 70.8 Å². The molecule has 0 amide bonds. The van der Waals surface area contributed by atoms with Gasteiger partial charge in [-0.2, -0.15) is 0 Å². The minimum atomic E-state index is 0.412. The summed E-state index contributed by atoms with van der Waals surface area (Å²) in [6.07, 6.45) is 6.56. The molecule has 0 aliphatic heterocycles. The van der Waals surface area contributed by atoms with Gasteiger partial charge >= 0.3 is 0 Å². The molecule has 0 heteroatoms. The molecule has 3 rings (SSSR count). The summed E-state index contributed by atoms with van der Waals surface area (Å²) in [7, 11) is 0. The predicted molar refractivity (Wildman–Crippen MR) is 95.5 cm³/mol. The van der Waals surface area contributed by atoms with Crippen LogP contribution in [0, 0.1) is 13.8 Å². The lowest BCUT2D eigenvalue weighted by Crippen LogP contribution is -2.30. The molecule has 0 radical (unpaired) electrons. The summed E-state index contributed by atoms with van der Waals surface area (Å²) in [4.78, 5) is 0. The molecule has 0 bridgehead atoms. The van der Waals surface area contributed by atoms with Crippen molar-refractivity contribution in [1.29, 1.82) is 0 Å². The molecule has 116 valence electrons. The van der Waals surface area contributed by atoms with Gasteiger partial charge in [0, 0.05) is 0 Å². The molecule has 0 aromatic heterocycles. The molecule has 0 atom stereocenters. The highest BCUT2D eigenvalue weighted by molar-refractivity contribution is 5.31. The first kappa shape index (κ1) is 15.3. The van der Waals surface area contributed by atoms with Crippen LogP contribution >= 0.6 is 0 Å². The summed E-state index contributed by atoms with van der Waals surface area (Å²) in [6, 6.07) is 18.5. The number of benzene rings is 2. The average molecular weight is 292 g/mol. The van der Waals surface area contributed by atoms with E-state index in [9.17, 15) is 0 Å². The van der Waals surface area contributed by atoms with Gasteiger partial charge in [0.05, 0.1) is 0 Å². The van der Waals surface area contributed by atoms with Crippen molar-refractivity contribution in [2.45, 2.75) is 64.2 Å². The van der Waals surface area contributed by atoms with Crippen molar-refractivity contribution >= 4 is 0 Å². The minimum absolute atomic E-state index is 0.412.